The van der Waals surface area contributed by atoms with Gasteiger partial charge in [-0.05, 0) is 30.3 Å². The SMILES string of the molecule is Fc1ccccc1-c1nnc(-c2ccc3c(c2)OCO3)o1. The Morgan fingerprint density at radius 3 is 2.62 bits per heavy atom. The van der Waals surface area contributed by atoms with Crippen molar-refractivity contribution in [2.45, 2.75) is 0 Å². The Morgan fingerprint density at radius 1 is 0.905 bits per heavy atom. The maximum Gasteiger partial charge on any atom is 0.251 e. The van der Waals surface area contributed by atoms with E-state index in [-0.39, 0.29) is 18.2 Å². The molecule has 0 fully saturated rings. The van der Waals surface area contributed by atoms with Crippen LogP contribution in [0.1, 0.15) is 0 Å². The first-order valence-corrected chi connectivity index (χ1v) is 6.30. The summed E-state index contributed by atoms with van der Waals surface area (Å²) in [5.41, 5.74) is 0.964. The van der Waals surface area contributed by atoms with Gasteiger partial charge in [-0.1, -0.05) is 12.1 Å². The van der Waals surface area contributed by atoms with Gasteiger partial charge >= 0.3 is 0 Å². The molecule has 4 rings (SSSR count). The molecule has 6 heteroatoms. The first-order chi connectivity index (χ1) is 10.3. The molecule has 1 aliphatic heterocycles. The highest BCUT2D eigenvalue weighted by molar-refractivity contribution is 5.62. The van der Waals surface area contributed by atoms with Crippen molar-refractivity contribution in [2.24, 2.45) is 0 Å². The molecule has 0 spiro atoms. The first-order valence-electron chi connectivity index (χ1n) is 6.30. The van der Waals surface area contributed by atoms with Crippen LogP contribution in [-0.2, 0) is 0 Å². The number of ether oxygens (including phenoxy) is 2. The van der Waals surface area contributed by atoms with E-state index in [1.54, 1.807) is 36.4 Å². The molecule has 3 aromatic rings. The van der Waals surface area contributed by atoms with Gasteiger partial charge in [-0.15, -0.1) is 10.2 Å². The van der Waals surface area contributed by atoms with Crippen molar-refractivity contribution < 1.29 is 18.3 Å². The number of rotatable bonds is 2. The van der Waals surface area contributed by atoms with Crippen LogP contribution in [-0.4, -0.2) is 17.0 Å². The zero-order valence-corrected chi connectivity index (χ0v) is 10.7. The quantitative estimate of drug-likeness (QED) is 0.722. The Kier molecular flexibility index (Phi) is 2.60. The molecule has 2 aromatic carbocycles. The predicted molar refractivity (Wildman–Crippen MR) is 71.3 cm³/mol. The second-order valence-corrected chi connectivity index (χ2v) is 4.46. The lowest BCUT2D eigenvalue weighted by Crippen LogP contribution is -1.92. The molecule has 0 bridgehead atoms. The van der Waals surface area contributed by atoms with Gasteiger partial charge in [0, 0.05) is 5.56 Å². The topological polar surface area (TPSA) is 57.4 Å². The number of hydrogen-bond acceptors (Lipinski definition) is 5. The first kappa shape index (κ1) is 11.9. The zero-order valence-electron chi connectivity index (χ0n) is 10.7. The van der Waals surface area contributed by atoms with Gasteiger partial charge in [0.25, 0.3) is 5.89 Å². The Balaban J connectivity index is 1.73. The number of hydrogen-bond donors (Lipinski definition) is 0. The summed E-state index contributed by atoms with van der Waals surface area (Å²) in [4.78, 5) is 0. The van der Waals surface area contributed by atoms with Crippen molar-refractivity contribution >= 4 is 0 Å². The van der Waals surface area contributed by atoms with E-state index in [4.69, 9.17) is 13.9 Å². The Morgan fingerprint density at radius 2 is 1.71 bits per heavy atom. The van der Waals surface area contributed by atoms with Crippen LogP contribution in [0.15, 0.2) is 46.9 Å². The Hall–Kier alpha value is -2.89. The van der Waals surface area contributed by atoms with Gasteiger partial charge in [0.15, 0.2) is 11.5 Å². The van der Waals surface area contributed by atoms with Crippen molar-refractivity contribution in [1.29, 1.82) is 0 Å². The highest BCUT2D eigenvalue weighted by Gasteiger charge is 2.18. The molecule has 0 aliphatic carbocycles. The third-order valence-electron chi connectivity index (χ3n) is 3.15. The maximum atomic E-state index is 13.7. The molecule has 0 saturated carbocycles. The number of benzene rings is 2. The lowest BCUT2D eigenvalue weighted by Gasteiger charge is -1.98. The minimum absolute atomic E-state index is 0.140. The van der Waals surface area contributed by atoms with E-state index in [2.05, 4.69) is 10.2 Å². The second kappa shape index (κ2) is 4.59. The summed E-state index contributed by atoms with van der Waals surface area (Å²) in [7, 11) is 0. The van der Waals surface area contributed by atoms with Crippen LogP contribution in [0.5, 0.6) is 11.5 Å². The van der Waals surface area contributed by atoms with Crippen LogP contribution in [0.4, 0.5) is 4.39 Å². The van der Waals surface area contributed by atoms with Crippen molar-refractivity contribution in [3.8, 4) is 34.4 Å². The molecule has 21 heavy (non-hydrogen) atoms. The standard InChI is InChI=1S/C15H9FN2O3/c16-11-4-2-1-3-10(11)15-18-17-14(21-15)9-5-6-12-13(7-9)20-8-19-12/h1-7H,8H2. The molecule has 0 amide bonds. The van der Waals surface area contributed by atoms with E-state index >= 15 is 0 Å². The largest absolute Gasteiger partial charge is 0.454 e. The molecule has 2 heterocycles. The van der Waals surface area contributed by atoms with Crippen LogP contribution < -0.4 is 9.47 Å². The van der Waals surface area contributed by atoms with Crippen LogP contribution in [0.25, 0.3) is 22.9 Å². The van der Waals surface area contributed by atoms with E-state index in [9.17, 15) is 4.39 Å². The number of fused-ring (bicyclic) bond motifs is 1. The minimum atomic E-state index is -0.404. The van der Waals surface area contributed by atoms with Gasteiger partial charge in [0.1, 0.15) is 5.82 Å². The number of aromatic nitrogens is 2. The fourth-order valence-electron chi connectivity index (χ4n) is 2.11. The maximum absolute atomic E-state index is 13.7. The van der Waals surface area contributed by atoms with E-state index in [0.717, 1.165) is 0 Å². The average molecular weight is 284 g/mol. The predicted octanol–water partition coefficient (Wildman–Crippen LogP) is 3.27. The molecule has 1 aromatic heterocycles. The van der Waals surface area contributed by atoms with Gasteiger partial charge in [0.2, 0.25) is 12.7 Å². The lowest BCUT2D eigenvalue weighted by atomic mass is 10.2. The van der Waals surface area contributed by atoms with Gasteiger partial charge in [-0.3, -0.25) is 0 Å². The average Bonchev–Trinajstić information content (AvgIpc) is 3.16. The summed E-state index contributed by atoms with van der Waals surface area (Å²) in [6, 6.07) is 11.6. The summed E-state index contributed by atoms with van der Waals surface area (Å²) in [6.45, 7) is 0.198. The summed E-state index contributed by atoms with van der Waals surface area (Å²) in [5, 5.41) is 7.84. The Bertz CT molecular complexity index is 816. The third-order valence-corrected chi connectivity index (χ3v) is 3.15. The number of halogens is 1. The highest BCUT2D eigenvalue weighted by atomic mass is 19.1. The molecule has 0 N–H and O–H groups in total. The van der Waals surface area contributed by atoms with Crippen LogP contribution in [0.3, 0.4) is 0 Å². The molecule has 5 nitrogen and oxygen atoms in total. The van der Waals surface area contributed by atoms with Gasteiger partial charge < -0.3 is 13.9 Å². The Labute approximate surface area is 118 Å². The fraction of sp³-hybridized carbons (Fsp3) is 0.0667. The zero-order chi connectivity index (χ0) is 14.2. The van der Waals surface area contributed by atoms with E-state index in [1.165, 1.54) is 6.07 Å². The van der Waals surface area contributed by atoms with Crippen LogP contribution in [0, 0.1) is 5.82 Å². The van der Waals surface area contributed by atoms with Crippen molar-refractivity contribution in [3.63, 3.8) is 0 Å². The molecule has 0 atom stereocenters. The summed E-state index contributed by atoms with van der Waals surface area (Å²) < 4.78 is 29.8. The van der Waals surface area contributed by atoms with Crippen molar-refractivity contribution in [1.82, 2.24) is 10.2 Å². The molecule has 0 saturated heterocycles. The second-order valence-electron chi connectivity index (χ2n) is 4.46. The van der Waals surface area contributed by atoms with Crippen molar-refractivity contribution in [2.75, 3.05) is 6.79 Å². The van der Waals surface area contributed by atoms with Crippen molar-refractivity contribution in [3.05, 3.63) is 48.3 Å². The smallest absolute Gasteiger partial charge is 0.251 e. The number of nitrogens with zero attached hydrogens (tertiary/aromatic N) is 2. The summed E-state index contributed by atoms with van der Waals surface area (Å²) >= 11 is 0. The lowest BCUT2D eigenvalue weighted by molar-refractivity contribution is 0.174. The molecule has 0 radical (unpaired) electrons. The summed E-state index contributed by atoms with van der Waals surface area (Å²) in [5.74, 6) is 1.33. The fourth-order valence-corrected chi connectivity index (χ4v) is 2.11. The monoisotopic (exact) mass is 284 g/mol. The van der Waals surface area contributed by atoms with Gasteiger partial charge in [-0.2, -0.15) is 0 Å². The summed E-state index contributed by atoms with van der Waals surface area (Å²) in [6.07, 6.45) is 0. The third kappa shape index (κ3) is 2.01. The molecular weight excluding hydrogens is 275 g/mol. The normalized spacial score (nSPS) is 12.6. The molecule has 0 unspecified atom stereocenters. The molecular formula is C15H9FN2O3. The minimum Gasteiger partial charge on any atom is -0.454 e. The van der Waals surface area contributed by atoms with Crippen LogP contribution >= 0.6 is 0 Å². The van der Waals surface area contributed by atoms with E-state index in [0.29, 0.717) is 23.0 Å². The molecule has 1 aliphatic rings. The molecule has 104 valence electrons. The van der Waals surface area contributed by atoms with E-state index < -0.39 is 5.82 Å². The van der Waals surface area contributed by atoms with Gasteiger partial charge in [0.05, 0.1) is 5.56 Å². The van der Waals surface area contributed by atoms with Gasteiger partial charge in [-0.25, -0.2) is 4.39 Å². The van der Waals surface area contributed by atoms with E-state index in [1.807, 2.05) is 0 Å². The highest BCUT2D eigenvalue weighted by Crippen LogP contribution is 2.36. The van der Waals surface area contributed by atoms with Crippen LogP contribution in [0.2, 0.25) is 0 Å².